The van der Waals surface area contributed by atoms with Crippen LogP contribution in [0.4, 0.5) is 5.69 Å². The molecule has 0 aliphatic heterocycles. The molecule has 0 aromatic heterocycles. The molecule has 0 spiro atoms. The number of aryl methyl sites for hydroxylation is 5. The van der Waals surface area contributed by atoms with E-state index in [-0.39, 0.29) is 5.91 Å². The first kappa shape index (κ1) is 18.2. The van der Waals surface area contributed by atoms with Crippen molar-refractivity contribution in [2.24, 2.45) is 0 Å². The summed E-state index contributed by atoms with van der Waals surface area (Å²) in [4.78, 5) is 14.4. The van der Waals surface area contributed by atoms with Crippen LogP contribution in [0.5, 0.6) is 0 Å². The van der Waals surface area contributed by atoms with Crippen LogP contribution in [0.25, 0.3) is 0 Å². The molecular weight excluding hydrogens is 296 g/mol. The van der Waals surface area contributed by atoms with Crippen molar-refractivity contribution in [3.63, 3.8) is 0 Å². The summed E-state index contributed by atoms with van der Waals surface area (Å²) in [6.07, 6.45) is 0. The Morgan fingerprint density at radius 2 is 1.50 bits per heavy atom. The number of carbonyl (C=O) groups is 1. The fraction of sp³-hybridized carbons (Fsp3) is 0.381. The summed E-state index contributed by atoms with van der Waals surface area (Å²) >= 11 is 0. The molecule has 0 saturated carbocycles. The van der Waals surface area contributed by atoms with Crippen molar-refractivity contribution in [2.75, 3.05) is 18.9 Å². The highest BCUT2D eigenvalue weighted by atomic mass is 16.2. The molecule has 0 aliphatic carbocycles. The van der Waals surface area contributed by atoms with Gasteiger partial charge in [0.1, 0.15) is 0 Å². The Kier molecular flexibility index (Phi) is 5.79. The van der Waals surface area contributed by atoms with Crippen molar-refractivity contribution in [3.05, 3.63) is 63.7 Å². The third-order valence-electron chi connectivity index (χ3n) is 4.29. The van der Waals surface area contributed by atoms with Gasteiger partial charge in [-0.2, -0.15) is 0 Å². The average Bonchev–Trinajstić information content (AvgIpc) is 2.45. The first-order valence-electron chi connectivity index (χ1n) is 8.38. The normalized spacial score (nSPS) is 11.0. The first-order chi connectivity index (χ1) is 11.3. The average molecular weight is 324 g/mol. The molecule has 0 atom stereocenters. The van der Waals surface area contributed by atoms with Gasteiger partial charge < -0.3 is 5.32 Å². The van der Waals surface area contributed by atoms with E-state index in [1.807, 2.05) is 25.8 Å². The van der Waals surface area contributed by atoms with E-state index < -0.39 is 0 Å². The van der Waals surface area contributed by atoms with Gasteiger partial charge >= 0.3 is 0 Å². The lowest BCUT2D eigenvalue weighted by Crippen LogP contribution is -2.30. The fourth-order valence-corrected chi connectivity index (χ4v) is 3.17. The lowest BCUT2D eigenvalue weighted by Gasteiger charge is -2.19. The summed E-state index contributed by atoms with van der Waals surface area (Å²) in [5, 5.41) is 3.07. The quantitative estimate of drug-likeness (QED) is 0.889. The minimum Gasteiger partial charge on any atom is -0.324 e. The maximum Gasteiger partial charge on any atom is 0.238 e. The van der Waals surface area contributed by atoms with Crippen LogP contribution in [-0.2, 0) is 11.3 Å². The lowest BCUT2D eigenvalue weighted by molar-refractivity contribution is -0.117. The van der Waals surface area contributed by atoms with Crippen LogP contribution in [0.15, 0.2) is 30.3 Å². The standard InChI is InChI=1S/C21H28N2O/c1-14-7-8-19(16(3)9-14)12-23(6)13-20(24)22-21-17(4)10-15(2)11-18(21)5/h7-11H,12-13H2,1-6H3,(H,22,24). The molecule has 1 N–H and O–H groups in total. The summed E-state index contributed by atoms with van der Waals surface area (Å²) in [5.74, 6) is 0.0253. The van der Waals surface area contributed by atoms with E-state index in [9.17, 15) is 4.79 Å². The molecule has 0 aliphatic rings. The minimum absolute atomic E-state index is 0.0253. The first-order valence-corrected chi connectivity index (χ1v) is 8.38. The van der Waals surface area contributed by atoms with Crippen LogP contribution in [0, 0.1) is 34.6 Å². The number of benzene rings is 2. The highest BCUT2D eigenvalue weighted by Gasteiger charge is 2.11. The Bertz CT molecular complexity index is 726. The number of anilines is 1. The molecule has 2 aromatic rings. The van der Waals surface area contributed by atoms with E-state index >= 15 is 0 Å². The van der Waals surface area contributed by atoms with E-state index in [1.165, 1.54) is 22.3 Å². The molecule has 0 saturated heterocycles. The van der Waals surface area contributed by atoms with Crippen LogP contribution in [0.1, 0.15) is 33.4 Å². The van der Waals surface area contributed by atoms with E-state index in [2.05, 4.69) is 56.4 Å². The van der Waals surface area contributed by atoms with Crippen LogP contribution in [0.3, 0.4) is 0 Å². The molecule has 2 aromatic carbocycles. The number of hydrogen-bond acceptors (Lipinski definition) is 2. The molecule has 3 nitrogen and oxygen atoms in total. The molecule has 24 heavy (non-hydrogen) atoms. The maximum absolute atomic E-state index is 12.4. The smallest absolute Gasteiger partial charge is 0.238 e. The maximum atomic E-state index is 12.4. The van der Waals surface area contributed by atoms with E-state index in [1.54, 1.807) is 0 Å². The molecule has 3 heteroatoms. The van der Waals surface area contributed by atoms with Crippen molar-refractivity contribution in [1.29, 1.82) is 0 Å². The number of amides is 1. The topological polar surface area (TPSA) is 32.3 Å². The van der Waals surface area contributed by atoms with Gasteiger partial charge in [-0.05, 0) is 63.9 Å². The van der Waals surface area contributed by atoms with Gasteiger partial charge in [0.2, 0.25) is 5.91 Å². The van der Waals surface area contributed by atoms with Crippen molar-refractivity contribution in [2.45, 2.75) is 41.2 Å². The second kappa shape index (κ2) is 7.63. The summed E-state index contributed by atoms with van der Waals surface area (Å²) in [7, 11) is 1.98. The molecule has 1 amide bonds. The predicted molar refractivity (Wildman–Crippen MR) is 102 cm³/mol. The van der Waals surface area contributed by atoms with Gasteiger partial charge in [-0.1, -0.05) is 41.5 Å². The largest absolute Gasteiger partial charge is 0.324 e. The zero-order valence-corrected chi connectivity index (χ0v) is 15.7. The summed E-state index contributed by atoms with van der Waals surface area (Å²) in [5.41, 5.74) is 8.17. The molecular formula is C21H28N2O. The zero-order chi connectivity index (χ0) is 17.9. The summed E-state index contributed by atoms with van der Waals surface area (Å²) in [6, 6.07) is 10.6. The Labute approximate surface area is 145 Å². The lowest BCUT2D eigenvalue weighted by atomic mass is 10.0. The number of rotatable bonds is 5. The van der Waals surface area contributed by atoms with Gasteiger partial charge in [0.15, 0.2) is 0 Å². The highest BCUT2D eigenvalue weighted by Crippen LogP contribution is 2.22. The number of likely N-dealkylation sites (N-methyl/N-ethyl adjacent to an activating group) is 1. The minimum atomic E-state index is 0.0253. The number of nitrogens with zero attached hydrogens (tertiary/aromatic N) is 1. The third-order valence-corrected chi connectivity index (χ3v) is 4.29. The van der Waals surface area contributed by atoms with Gasteiger partial charge in [0.05, 0.1) is 6.54 Å². The zero-order valence-electron chi connectivity index (χ0n) is 15.7. The Balaban J connectivity index is 1.99. The second-order valence-electron chi connectivity index (χ2n) is 6.92. The molecule has 0 bridgehead atoms. The van der Waals surface area contributed by atoms with Crippen LogP contribution >= 0.6 is 0 Å². The second-order valence-corrected chi connectivity index (χ2v) is 6.92. The van der Waals surface area contributed by atoms with E-state index in [4.69, 9.17) is 0 Å². The Hall–Kier alpha value is -2.13. The van der Waals surface area contributed by atoms with Gasteiger partial charge in [-0.3, -0.25) is 9.69 Å². The van der Waals surface area contributed by atoms with Crippen LogP contribution in [0.2, 0.25) is 0 Å². The van der Waals surface area contributed by atoms with E-state index in [0.717, 1.165) is 23.4 Å². The third kappa shape index (κ3) is 4.68. The Morgan fingerprint density at radius 3 is 2.08 bits per heavy atom. The number of hydrogen-bond donors (Lipinski definition) is 1. The highest BCUT2D eigenvalue weighted by molar-refractivity contribution is 5.93. The molecule has 2 rings (SSSR count). The van der Waals surface area contributed by atoms with E-state index in [0.29, 0.717) is 6.54 Å². The predicted octanol–water partition coefficient (Wildman–Crippen LogP) is 4.30. The Morgan fingerprint density at radius 1 is 0.917 bits per heavy atom. The number of carbonyl (C=O) groups excluding carboxylic acids is 1. The molecule has 128 valence electrons. The molecule has 0 heterocycles. The van der Waals surface area contributed by atoms with Crippen molar-refractivity contribution >= 4 is 11.6 Å². The SMILES string of the molecule is Cc1ccc(CN(C)CC(=O)Nc2c(C)cc(C)cc2C)c(C)c1. The van der Waals surface area contributed by atoms with Crippen molar-refractivity contribution in [1.82, 2.24) is 4.90 Å². The van der Waals surface area contributed by atoms with Gasteiger partial charge in [0, 0.05) is 12.2 Å². The van der Waals surface area contributed by atoms with Crippen molar-refractivity contribution in [3.8, 4) is 0 Å². The van der Waals surface area contributed by atoms with Crippen LogP contribution < -0.4 is 5.32 Å². The van der Waals surface area contributed by atoms with Crippen molar-refractivity contribution < 1.29 is 4.79 Å². The molecule has 0 radical (unpaired) electrons. The number of nitrogens with one attached hydrogen (secondary N) is 1. The van der Waals surface area contributed by atoms with Gasteiger partial charge in [0.25, 0.3) is 0 Å². The summed E-state index contributed by atoms with van der Waals surface area (Å²) in [6.45, 7) is 11.5. The molecule has 0 unspecified atom stereocenters. The summed E-state index contributed by atoms with van der Waals surface area (Å²) < 4.78 is 0. The fourth-order valence-electron chi connectivity index (χ4n) is 3.17. The van der Waals surface area contributed by atoms with Crippen LogP contribution in [-0.4, -0.2) is 24.4 Å². The molecule has 0 fully saturated rings. The van der Waals surface area contributed by atoms with Gasteiger partial charge in [-0.15, -0.1) is 0 Å². The monoisotopic (exact) mass is 324 g/mol. The van der Waals surface area contributed by atoms with Gasteiger partial charge in [-0.25, -0.2) is 0 Å².